The van der Waals surface area contributed by atoms with Crippen molar-refractivity contribution in [1.29, 1.82) is 0 Å². The van der Waals surface area contributed by atoms with Gasteiger partial charge in [0.15, 0.2) is 0 Å². The highest BCUT2D eigenvalue weighted by molar-refractivity contribution is 5.93. The normalized spacial score (nSPS) is 18.1. The SMILES string of the molecule is CC#CC(=O)N1CCC[C@H](Nc2ccc(C(C)C)cc2)C1. The molecule has 2 rings (SSSR count). The summed E-state index contributed by atoms with van der Waals surface area (Å²) < 4.78 is 0. The van der Waals surface area contributed by atoms with Crippen molar-refractivity contribution >= 4 is 11.6 Å². The fourth-order valence-electron chi connectivity index (χ4n) is 2.67. The summed E-state index contributed by atoms with van der Waals surface area (Å²) in [4.78, 5) is 13.7. The van der Waals surface area contributed by atoms with Crippen molar-refractivity contribution in [3.63, 3.8) is 0 Å². The van der Waals surface area contributed by atoms with Crippen molar-refractivity contribution in [2.45, 2.75) is 45.6 Å². The number of amides is 1. The molecule has 1 aromatic rings. The standard InChI is InChI=1S/C18H24N2O/c1-4-6-18(21)20-12-5-7-17(13-20)19-16-10-8-15(9-11-16)14(2)3/h8-11,14,17,19H,5,7,12-13H2,1-3H3/t17-/m0/s1. The fourth-order valence-corrected chi connectivity index (χ4v) is 2.67. The van der Waals surface area contributed by atoms with E-state index < -0.39 is 0 Å². The zero-order valence-electron chi connectivity index (χ0n) is 13.1. The predicted molar refractivity (Wildman–Crippen MR) is 87.2 cm³/mol. The van der Waals surface area contributed by atoms with Crippen LogP contribution in [0, 0.1) is 11.8 Å². The second kappa shape index (κ2) is 7.17. The first kappa shape index (κ1) is 15.4. The van der Waals surface area contributed by atoms with Crippen LogP contribution in [-0.2, 0) is 4.79 Å². The summed E-state index contributed by atoms with van der Waals surface area (Å²) in [5, 5.41) is 3.53. The van der Waals surface area contributed by atoms with Crippen LogP contribution in [0.4, 0.5) is 5.69 Å². The van der Waals surface area contributed by atoms with E-state index in [2.05, 4.69) is 55.3 Å². The van der Waals surface area contributed by atoms with Crippen molar-refractivity contribution in [3.8, 4) is 11.8 Å². The Morgan fingerprint density at radius 3 is 2.67 bits per heavy atom. The van der Waals surface area contributed by atoms with E-state index in [4.69, 9.17) is 0 Å². The molecule has 0 spiro atoms. The van der Waals surface area contributed by atoms with E-state index in [9.17, 15) is 4.79 Å². The molecular formula is C18H24N2O. The molecule has 1 fully saturated rings. The Kier molecular flexibility index (Phi) is 5.27. The Bertz CT molecular complexity index is 537. The topological polar surface area (TPSA) is 32.3 Å². The van der Waals surface area contributed by atoms with E-state index in [1.165, 1.54) is 5.56 Å². The predicted octanol–water partition coefficient (Wildman–Crippen LogP) is 3.24. The average molecular weight is 284 g/mol. The van der Waals surface area contributed by atoms with Gasteiger partial charge in [-0.3, -0.25) is 4.79 Å². The van der Waals surface area contributed by atoms with Gasteiger partial charge in [0.25, 0.3) is 5.91 Å². The first-order chi connectivity index (χ1) is 10.1. The van der Waals surface area contributed by atoms with Crippen LogP contribution in [0.2, 0.25) is 0 Å². The molecule has 1 saturated heterocycles. The van der Waals surface area contributed by atoms with Crippen LogP contribution in [0.25, 0.3) is 0 Å². The van der Waals surface area contributed by atoms with Gasteiger partial charge in [-0.15, -0.1) is 0 Å². The van der Waals surface area contributed by atoms with Gasteiger partial charge in [0.1, 0.15) is 0 Å². The number of anilines is 1. The molecule has 21 heavy (non-hydrogen) atoms. The van der Waals surface area contributed by atoms with E-state index >= 15 is 0 Å². The van der Waals surface area contributed by atoms with Gasteiger partial charge in [-0.05, 0) is 49.3 Å². The number of carbonyl (C=O) groups excluding carboxylic acids is 1. The highest BCUT2D eigenvalue weighted by atomic mass is 16.2. The molecule has 112 valence electrons. The lowest BCUT2D eigenvalue weighted by molar-refractivity contribution is -0.126. The number of piperidine rings is 1. The number of benzene rings is 1. The minimum Gasteiger partial charge on any atom is -0.381 e. The monoisotopic (exact) mass is 284 g/mol. The maximum absolute atomic E-state index is 11.8. The van der Waals surface area contributed by atoms with Gasteiger partial charge in [0.2, 0.25) is 0 Å². The number of likely N-dealkylation sites (tertiary alicyclic amines) is 1. The molecule has 3 heteroatoms. The van der Waals surface area contributed by atoms with Crippen molar-refractivity contribution in [2.24, 2.45) is 0 Å². The van der Waals surface area contributed by atoms with E-state index in [0.717, 1.165) is 31.6 Å². The largest absolute Gasteiger partial charge is 0.381 e. The molecule has 1 aliphatic rings. The van der Waals surface area contributed by atoms with Gasteiger partial charge >= 0.3 is 0 Å². The Balaban J connectivity index is 1.95. The third-order valence-corrected chi connectivity index (χ3v) is 3.89. The summed E-state index contributed by atoms with van der Waals surface area (Å²) in [7, 11) is 0. The van der Waals surface area contributed by atoms with E-state index in [1.54, 1.807) is 6.92 Å². The Morgan fingerprint density at radius 1 is 1.33 bits per heavy atom. The lowest BCUT2D eigenvalue weighted by Gasteiger charge is -2.32. The van der Waals surface area contributed by atoms with Gasteiger partial charge in [0, 0.05) is 24.8 Å². The molecule has 1 heterocycles. The first-order valence-corrected chi connectivity index (χ1v) is 7.68. The van der Waals surface area contributed by atoms with Crippen molar-refractivity contribution in [2.75, 3.05) is 18.4 Å². The van der Waals surface area contributed by atoms with Gasteiger partial charge in [-0.1, -0.05) is 31.9 Å². The zero-order valence-corrected chi connectivity index (χ0v) is 13.1. The summed E-state index contributed by atoms with van der Waals surface area (Å²) in [6.07, 6.45) is 2.12. The molecule has 0 aliphatic carbocycles. The first-order valence-electron chi connectivity index (χ1n) is 7.68. The molecule has 1 N–H and O–H groups in total. The lowest BCUT2D eigenvalue weighted by atomic mass is 10.0. The summed E-state index contributed by atoms with van der Waals surface area (Å²) in [5.41, 5.74) is 2.47. The Hall–Kier alpha value is -1.95. The van der Waals surface area contributed by atoms with Gasteiger partial charge in [-0.25, -0.2) is 0 Å². The van der Waals surface area contributed by atoms with Crippen LogP contribution >= 0.6 is 0 Å². The molecule has 3 nitrogen and oxygen atoms in total. The number of nitrogens with one attached hydrogen (secondary N) is 1. The number of hydrogen-bond donors (Lipinski definition) is 1. The molecule has 0 saturated carbocycles. The third kappa shape index (κ3) is 4.26. The third-order valence-electron chi connectivity index (χ3n) is 3.89. The fraction of sp³-hybridized carbons (Fsp3) is 0.500. The second-order valence-corrected chi connectivity index (χ2v) is 5.89. The summed E-state index contributed by atoms with van der Waals surface area (Å²) >= 11 is 0. The van der Waals surface area contributed by atoms with Crippen LogP contribution in [0.15, 0.2) is 24.3 Å². The van der Waals surface area contributed by atoms with E-state index in [0.29, 0.717) is 12.0 Å². The van der Waals surface area contributed by atoms with E-state index in [-0.39, 0.29) is 5.91 Å². The molecule has 0 radical (unpaired) electrons. The Morgan fingerprint density at radius 2 is 2.05 bits per heavy atom. The van der Waals surface area contributed by atoms with Crippen LogP contribution < -0.4 is 5.32 Å². The van der Waals surface area contributed by atoms with Crippen LogP contribution in [0.5, 0.6) is 0 Å². The molecular weight excluding hydrogens is 260 g/mol. The van der Waals surface area contributed by atoms with Crippen molar-refractivity contribution < 1.29 is 4.79 Å². The van der Waals surface area contributed by atoms with Gasteiger partial charge < -0.3 is 10.2 Å². The zero-order chi connectivity index (χ0) is 15.2. The summed E-state index contributed by atoms with van der Waals surface area (Å²) in [6, 6.07) is 8.90. The van der Waals surface area contributed by atoms with E-state index in [1.807, 2.05) is 4.90 Å². The molecule has 1 aromatic carbocycles. The van der Waals surface area contributed by atoms with Crippen LogP contribution in [-0.4, -0.2) is 29.9 Å². The second-order valence-electron chi connectivity index (χ2n) is 5.89. The summed E-state index contributed by atoms with van der Waals surface area (Å²) in [6.45, 7) is 7.65. The highest BCUT2D eigenvalue weighted by Gasteiger charge is 2.22. The average Bonchev–Trinajstić information content (AvgIpc) is 2.48. The van der Waals surface area contributed by atoms with Crippen molar-refractivity contribution in [1.82, 2.24) is 4.90 Å². The quantitative estimate of drug-likeness (QED) is 0.864. The maximum Gasteiger partial charge on any atom is 0.298 e. The highest BCUT2D eigenvalue weighted by Crippen LogP contribution is 2.20. The van der Waals surface area contributed by atoms with Crippen LogP contribution in [0.3, 0.4) is 0 Å². The molecule has 1 aliphatic heterocycles. The number of hydrogen-bond acceptors (Lipinski definition) is 2. The Labute approximate surface area is 127 Å². The lowest BCUT2D eigenvalue weighted by Crippen LogP contribution is -2.44. The van der Waals surface area contributed by atoms with Crippen molar-refractivity contribution in [3.05, 3.63) is 29.8 Å². The minimum atomic E-state index is -0.0563. The van der Waals surface area contributed by atoms with Gasteiger partial charge in [-0.2, -0.15) is 0 Å². The number of rotatable bonds is 3. The molecule has 0 aromatic heterocycles. The minimum absolute atomic E-state index is 0.0563. The molecule has 1 amide bonds. The summed E-state index contributed by atoms with van der Waals surface area (Å²) in [5.74, 6) is 5.81. The van der Waals surface area contributed by atoms with Gasteiger partial charge in [0.05, 0.1) is 0 Å². The smallest absolute Gasteiger partial charge is 0.298 e. The number of carbonyl (C=O) groups is 1. The number of nitrogens with zero attached hydrogens (tertiary/aromatic N) is 1. The van der Waals surface area contributed by atoms with Crippen LogP contribution in [0.1, 0.15) is 45.1 Å². The molecule has 0 bridgehead atoms. The maximum atomic E-state index is 11.8. The molecule has 1 atom stereocenters. The molecule has 0 unspecified atom stereocenters.